The van der Waals surface area contributed by atoms with Crippen LogP contribution in [0.5, 0.6) is 0 Å². The average molecular weight is 271 g/mol. The lowest BCUT2D eigenvalue weighted by atomic mass is 10.0. The highest BCUT2D eigenvalue weighted by molar-refractivity contribution is 5.31. The van der Waals surface area contributed by atoms with Crippen LogP contribution >= 0.6 is 0 Å². The minimum atomic E-state index is -0.0173. The van der Waals surface area contributed by atoms with Gasteiger partial charge in [0.05, 0.1) is 12.2 Å². The van der Waals surface area contributed by atoms with Gasteiger partial charge in [0, 0.05) is 11.7 Å². The van der Waals surface area contributed by atoms with Gasteiger partial charge in [0.25, 0.3) is 0 Å². The van der Waals surface area contributed by atoms with Crippen LogP contribution < -0.4 is 5.73 Å². The summed E-state index contributed by atoms with van der Waals surface area (Å²) < 4.78 is 2.05. The van der Waals surface area contributed by atoms with E-state index in [1.807, 2.05) is 0 Å². The van der Waals surface area contributed by atoms with E-state index in [-0.39, 0.29) is 6.04 Å². The summed E-state index contributed by atoms with van der Waals surface area (Å²) in [4.78, 5) is 0. The van der Waals surface area contributed by atoms with Crippen molar-refractivity contribution in [2.75, 3.05) is 0 Å². The molecule has 1 aromatic heterocycles. The molecule has 2 N–H and O–H groups in total. The van der Waals surface area contributed by atoms with Gasteiger partial charge in [-0.1, -0.05) is 36.2 Å². The molecule has 20 heavy (non-hydrogen) atoms. The van der Waals surface area contributed by atoms with E-state index in [1.165, 1.54) is 27.9 Å². The zero-order valence-electron chi connectivity index (χ0n) is 13.2. The molecule has 108 valence electrons. The summed E-state index contributed by atoms with van der Waals surface area (Å²) in [7, 11) is 0. The molecule has 1 unspecified atom stereocenters. The molecule has 0 aliphatic carbocycles. The van der Waals surface area contributed by atoms with E-state index in [9.17, 15) is 0 Å². The highest BCUT2D eigenvalue weighted by atomic mass is 15.3. The first-order chi connectivity index (χ1) is 9.42. The summed E-state index contributed by atoms with van der Waals surface area (Å²) in [6.07, 6.45) is 1.02. The van der Waals surface area contributed by atoms with Crippen molar-refractivity contribution in [3.05, 3.63) is 51.8 Å². The Kier molecular flexibility index (Phi) is 4.29. The Morgan fingerprint density at radius 1 is 1.10 bits per heavy atom. The van der Waals surface area contributed by atoms with E-state index in [2.05, 4.69) is 62.6 Å². The third-order valence-electron chi connectivity index (χ3n) is 3.93. The normalized spacial score (nSPS) is 12.7. The number of hydrogen-bond donors (Lipinski definition) is 1. The largest absolute Gasteiger partial charge is 0.322 e. The molecule has 2 aromatic rings. The van der Waals surface area contributed by atoms with Gasteiger partial charge in [-0.2, -0.15) is 5.10 Å². The number of aryl methyl sites for hydroxylation is 3. The molecule has 0 saturated carbocycles. The molecule has 0 bridgehead atoms. The number of rotatable bonds is 4. The lowest BCUT2D eigenvalue weighted by molar-refractivity contribution is 0.514. The van der Waals surface area contributed by atoms with Crippen molar-refractivity contribution in [1.29, 1.82) is 0 Å². The predicted octanol–water partition coefficient (Wildman–Crippen LogP) is 3.38. The zero-order chi connectivity index (χ0) is 14.9. The summed E-state index contributed by atoms with van der Waals surface area (Å²) in [5.74, 6) is 0. The summed E-state index contributed by atoms with van der Waals surface area (Å²) in [5.41, 5.74) is 13.8. The SMILES string of the molecule is CCc1c(C)nn(CC(N)c2cc(C)cc(C)c2)c1C. The van der Waals surface area contributed by atoms with Crippen LogP contribution in [0.15, 0.2) is 18.2 Å². The molecule has 2 rings (SSSR count). The first-order valence-corrected chi connectivity index (χ1v) is 7.29. The quantitative estimate of drug-likeness (QED) is 0.926. The van der Waals surface area contributed by atoms with E-state index < -0.39 is 0 Å². The Labute approximate surface area is 121 Å². The second kappa shape index (κ2) is 5.80. The van der Waals surface area contributed by atoms with E-state index in [0.717, 1.165) is 18.7 Å². The molecule has 1 atom stereocenters. The maximum absolute atomic E-state index is 6.37. The van der Waals surface area contributed by atoms with E-state index in [0.29, 0.717) is 0 Å². The van der Waals surface area contributed by atoms with Crippen LogP contribution in [-0.2, 0) is 13.0 Å². The molecule has 0 spiro atoms. The first kappa shape index (κ1) is 14.8. The van der Waals surface area contributed by atoms with Gasteiger partial charge < -0.3 is 5.73 Å². The molecule has 3 nitrogen and oxygen atoms in total. The van der Waals surface area contributed by atoms with E-state index in [4.69, 9.17) is 5.73 Å². The van der Waals surface area contributed by atoms with Crippen LogP contribution in [-0.4, -0.2) is 9.78 Å². The Bertz CT molecular complexity index is 591. The lowest BCUT2D eigenvalue weighted by Crippen LogP contribution is -2.19. The standard InChI is InChI=1S/C17H25N3/c1-6-16-13(4)19-20(14(16)5)10-17(18)15-8-11(2)7-12(3)9-15/h7-9,17H,6,10,18H2,1-5H3. The van der Waals surface area contributed by atoms with Crippen LogP contribution in [0.4, 0.5) is 0 Å². The summed E-state index contributed by atoms with van der Waals surface area (Å²) in [6.45, 7) is 11.3. The molecule has 0 saturated heterocycles. The molecule has 0 fully saturated rings. The van der Waals surface area contributed by atoms with Crippen LogP contribution in [0, 0.1) is 27.7 Å². The van der Waals surface area contributed by atoms with Crippen LogP contribution in [0.25, 0.3) is 0 Å². The minimum absolute atomic E-state index is 0.0173. The van der Waals surface area contributed by atoms with Gasteiger partial charge in [-0.3, -0.25) is 4.68 Å². The van der Waals surface area contributed by atoms with Crippen molar-refractivity contribution in [2.24, 2.45) is 5.73 Å². The van der Waals surface area contributed by atoms with Gasteiger partial charge in [0.1, 0.15) is 0 Å². The van der Waals surface area contributed by atoms with Gasteiger partial charge in [-0.25, -0.2) is 0 Å². The highest BCUT2D eigenvalue weighted by Gasteiger charge is 2.14. The van der Waals surface area contributed by atoms with Gasteiger partial charge in [-0.05, 0) is 45.2 Å². The number of nitrogens with zero attached hydrogens (tertiary/aromatic N) is 2. The molecule has 3 heteroatoms. The molecule has 1 aromatic carbocycles. The maximum atomic E-state index is 6.37. The Balaban J connectivity index is 2.25. The van der Waals surface area contributed by atoms with Crippen molar-refractivity contribution in [3.63, 3.8) is 0 Å². The molecule has 1 heterocycles. The van der Waals surface area contributed by atoms with Gasteiger partial charge in [0.2, 0.25) is 0 Å². The van der Waals surface area contributed by atoms with Crippen molar-refractivity contribution in [3.8, 4) is 0 Å². The molecule has 0 aliphatic heterocycles. The first-order valence-electron chi connectivity index (χ1n) is 7.29. The van der Waals surface area contributed by atoms with Gasteiger partial charge >= 0.3 is 0 Å². The second-order valence-corrected chi connectivity index (χ2v) is 5.71. The second-order valence-electron chi connectivity index (χ2n) is 5.71. The summed E-state index contributed by atoms with van der Waals surface area (Å²) in [6, 6.07) is 6.50. The molecular formula is C17H25N3. The van der Waals surface area contributed by atoms with Crippen molar-refractivity contribution in [1.82, 2.24) is 9.78 Å². The Morgan fingerprint density at radius 2 is 1.70 bits per heavy atom. The molecule has 0 amide bonds. The lowest BCUT2D eigenvalue weighted by Gasteiger charge is -2.15. The smallest absolute Gasteiger partial charge is 0.0628 e. The third-order valence-corrected chi connectivity index (χ3v) is 3.93. The highest BCUT2D eigenvalue weighted by Crippen LogP contribution is 2.19. The topological polar surface area (TPSA) is 43.8 Å². The van der Waals surface area contributed by atoms with E-state index >= 15 is 0 Å². The average Bonchev–Trinajstić information content (AvgIpc) is 2.62. The number of hydrogen-bond acceptors (Lipinski definition) is 2. The van der Waals surface area contributed by atoms with Gasteiger partial charge in [-0.15, -0.1) is 0 Å². The monoisotopic (exact) mass is 271 g/mol. The number of aromatic nitrogens is 2. The van der Waals surface area contributed by atoms with E-state index in [1.54, 1.807) is 0 Å². The molecular weight excluding hydrogens is 246 g/mol. The zero-order valence-corrected chi connectivity index (χ0v) is 13.2. The van der Waals surface area contributed by atoms with Crippen LogP contribution in [0.2, 0.25) is 0 Å². The predicted molar refractivity (Wildman–Crippen MR) is 83.9 cm³/mol. The molecule has 0 aliphatic rings. The van der Waals surface area contributed by atoms with Crippen molar-refractivity contribution >= 4 is 0 Å². The van der Waals surface area contributed by atoms with Crippen LogP contribution in [0.1, 0.15) is 46.6 Å². The fraction of sp³-hybridized carbons (Fsp3) is 0.471. The molecule has 0 radical (unpaired) electrons. The van der Waals surface area contributed by atoms with Gasteiger partial charge in [0.15, 0.2) is 0 Å². The van der Waals surface area contributed by atoms with Crippen molar-refractivity contribution < 1.29 is 0 Å². The van der Waals surface area contributed by atoms with Crippen molar-refractivity contribution in [2.45, 2.75) is 53.6 Å². The fourth-order valence-electron chi connectivity index (χ4n) is 2.94. The fourth-order valence-corrected chi connectivity index (χ4v) is 2.94. The Hall–Kier alpha value is -1.61. The maximum Gasteiger partial charge on any atom is 0.0628 e. The third kappa shape index (κ3) is 2.93. The Morgan fingerprint density at radius 3 is 2.20 bits per heavy atom. The summed E-state index contributed by atoms with van der Waals surface area (Å²) in [5, 5.41) is 4.63. The number of benzene rings is 1. The number of nitrogens with two attached hydrogens (primary N) is 1. The van der Waals surface area contributed by atoms with Crippen LogP contribution in [0.3, 0.4) is 0 Å². The summed E-state index contributed by atoms with van der Waals surface area (Å²) >= 11 is 0. The minimum Gasteiger partial charge on any atom is -0.322 e.